The van der Waals surface area contributed by atoms with Crippen molar-refractivity contribution in [2.45, 2.75) is 26.4 Å². The molecular formula is C12H17NO2. The second kappa shape index (κ2) is 5.51. The van der Waals surface area contributed by atoms with Gasteiger partial charge in [0.05, 0.1) is 6.10 Å². The Morgan fingerprint density at radius 2 is 2.00 bits per heavy atom. The van der Waals surface area contributed by atoms with Crippen LogP contribution >= 0.6 is 0 Å². The molecule has 3 heteroatoms. The second-order valence-corrected chi connectivity index (χ2v) is 3.58. The molecule has 1 unspecified atom stereocenters. The van der Waals surface area contributed by atoms with Crippen molar-refractivity contribution in [3.05, 3.63) is 29.8 Å². The number of Topliss-reactive ketones (excluding diaryl/α,β-unsaturated/α-hetero) is 1. The van der Waals surface area contributed by atoms with Gasteiger partial charge in [-0.1, -0.05) is 0 Å². The lowest BCUT2D eigenvalue weighted by Crippen LogP contribution is -2.09. The van der Waals surface area contributed by atoms with Gasteiger partial charge in [-0.2, -0.15) is 0 Å². The van der Waals surface area contributed by atoms with Crippen molar-refractivity contribution < 1.29 is 9.90 Å². The van der Waals surface area contributed by atoms with E-state index in [-0.39, 0.29) is 12.2 Å². The van der Waals surface area contributed by atoms with Crippen LogP contribution in [0.15, 0.2) is 24.3 Å². The van der Waals surface area contributed by atoms with Gasteiger partial charge in [-0.05, 0) is 38.1 Å². The van der Waals surface area contributed by atoms with Gasteiger partial charge in [-0.3, -0.25) is 4.79 Å². The summed E-state index contributed by atoms with van der Waals surface area (Å²) < 4.78 is 0. The Kier molecular flexibility index (Phi) is 4.31. The third-order valence-electron chi connectivity index (χ3n) is 2.07. The molecule has 0 aliphatic heterocycles. The van der Waals surface area contributed by atoms with Crippen LogP contribution in [0.2, 0.25) is 0 Å². The van der Waals surface area contributed by atoms with Crippen molar-refractivity contribution in [2.75, 3.05) is 11.9 Å². The number of hydrogen-bond acceptors (Lipinski definition) is 3. The lowest BCUT2D eigenvalue weighted by Gasteiger charge is -2.05. The summed E-state index contributed by atoms with van der Waals surface area (Å²) in [4.78, 5) is 11.5. The maximum atomic E-state index is 11.5. The standard InChI is InChI=1S/C12H17NO2/c1-3-13-11-6-4-10(5-7-11)12(15)8-9(2)14/h4-7,9,13-14H,3,8H2,1-2H3. The minimum atomic E-state index is -0.578. The van der Waals surface area contributed by atoms with Crippen LogP contribution in [0, 0.1) is 0 Å². The van der Waals surface area contributed by atoms with Gasteiger partial charge in [-0.15, -0.1) is 0 Å². The number of nitrogens with one attached hydrogen (secondary N) is 1. The predicted molar refractivity (Wildman–Crippen MR) is 61.2 cm³/mol. The van der Waals surface area contributed by atoms with Gasteiger partial charge < -0.3 is 10.4 Å². The van der Waals surface area contributed by atoms with Crippen molar-refractivity contribution in [3.8, 4) is 0 Å². The molecule has 2 N–H and O–H groups in total. The van der Waals surface area contributed by atoms with E-state index in [0.29, 0.717) is 5.56 Å². The van der Waals surface area contributed by atoms with Crippen LogP contribution in [-0.2, 0) is 0 Å². The van der Waals surface area contributed by atoms with Crippen molar-refractivity contribution in [1.29, 1.82) is 0 Å². The molecule has 0 bridgehead atoms. The first-order valence-corrected chi connectivity index (χ1v) is 5.18. The molecule has 0 aliphatic rings. The van der Waals surface area contributed by atoms with Gasteiger partial charge in [-0.25, -0.2) is 0 Å². The molecule has 0 spiro atoms. The van der Waals surface area contributed by atoms with Crippen molar-refractivity contribution in [3.63, 3.8) is 0 Å². The summed E-state index contributed by atoms with van der Waals surface area (Å²) in [7, 11) is 0. The molecule has 0 aromatic heterocycles. The molecule has 0 radical (unpaired) electrons. The van der Waals surface area contributed by atoms with E-state index in [1.165, 1.54) is 0 Å². The summed E-state index contributed by atoms with van der Waals surface area (Å²) in [5, 5.41) is 12.2. The van der Waals surface area contributed by atoms with E-state index in [9.17, 15) is 4.79 Å². The van der Waals surface area contributed by atoms with Crippen LogP contribution < -0.4 is 5.32 Å². The third-order valence-corrected chi connectivity index (χ3v) is 2.07. The summed E-state index contributed by atoms with van der Waals surface area (Å²) in [6.45, 7) is 4.50. The number of benzene rings is 1. The normalized spacial score (nSPS) is 12.2. The predicted octanol–water partition coefficient (Wildman–Crippen LogP) is 2.07. The Bertz CT molecular complexity index is 317. The zero-order chi connectivity index (χ0) is 11.3. The molecule has 15 heavy (non-hydrogen) atoms. The third kappa shape index (κ3) is 3.72. The minimum Gasteiger partial charge on any atom is -0.393 e. The van der Waals surface area contributed by atoms with Crippen LogP contribution in [0.5, 0.6) is 0 Å². The van der Waals surface area contributed by atoms with Gasteiger partial charge >= 0.3 is 0 Å². The van der Waals surface area contributed by atoms with Crippen LogP contribution in [0.1, 0.15) is 30.6 Å². The molecule has 1 atom stereocenters. The Labute approximate surface area is 90.1 Å². The Morgan fingerprint density at radius 1 is 1.40 bits per heavy atom. The van der Waals surface area contributed by atoms with Crippen molar-refractivity contribution in [1.82, 2.24) is 0 Å². The summed E-state index contributed by atoms with van der Waals surface area (Å²) in [6, 6.07) is 7.31. The van der Waals surface area contributed by atoms with Gasteiger partial charge in [0.1, 0.15) is 0 Å². The number of carbonyl (C=O) groups is 1. The number of aliphatic hydroxyl groups is 1. The fourth-order valence-electron chi connectivity index (χ4n) is 1.36. The Hall–Kier alpha value is -1.35. The van der Waals surface area contributed by atoms with E-state index >= 15 is 0 Å². The van der Waals surface area contributed by atoms with Crippen LogP contribution in [-0.4, -0.2) is 23.5 Å². The zero-order valence-electron chi connectivity index (χ0n) is 9.16. The molecule has 0 saturated heterocycles. The highest BCUT2D eigenvalue weighted by Crippen LogP contribution is 2.11. The fourth-order valence-corrected chi connectivity index (χ4v) is 1.36. The number of hydrogen-bond donors (Lipinski definition) is 2. The number of rotatable bonds is 5. The molecule has 0 aliphatic carbocycles. The topological polar surface area (TPSA) is 49.3 Å². The molecule has 1 rings (SSSR count). The van der Waals surface area contributed by atoms with Crippen molar-refractivity contribution in [2.24, 2.45) is 0 Å². The molecule has 1 aromatic rings. The van der Waals surface area contributed by atoms with Crippen molar-refractivity contribution >= 4 is 11.5 Å². The van der Waals surface area contributed by atoms with Gasteiger partial charge in [0.25, 0.3) is 0 Å². The number of ketones is 1. The fraction of sp³-hybridized carbons (Fsp3) is 0.417. The molecule has 0 amide bonds. The molecular weight excluding hydrogens is 190 g/mol. The molecule has 0 heterocycles. The first-order valence-electron chi connectivity index (χ1n) is 5.18. The Morgan fingerprint density at radius 3 is 2.47 bits per heavy atom. The van der Waals surface area contributed by atoms with E-state index in [4.69, 9.17) is 5.11 Å². The maximum Gasteiger partial charge on any atom is 0.165 e. The SMILES string of the molecule is CCNc1ccc(C(=O)CC(C)O)cc1. The van der Waals surface area contributed by atoms with E-state index in [1.807, 2.05) is 19.1 Å². The average Bonchev–Trinajstić information content (AvgIpc) is 2.18. The van der Waals surface area contributed by atoms with E-state index < -0.39 is 6.10 Å². The molecule has 0 fully saturated rings. The van der Waals surface area contributed by atoms with Crippen LogP contribution in [0.3, 0.4) is 0 Å². The van der Waals surface area contributed by atoms with Crippen LogP contribution in [0.4, 0.5) is 5.69 Å². The summed E-state index contributed by atoms with van der Waals surface area (Å²) in [6.07, 6.45) is -0.397. The minimum absolute atomic E-state index is 0.0203. The largest absolute Gasteiger partial charge is 0.393 e. The van der Waals surface area contributed by atoms with E-state index in [0.717, 1.165) is 12.2 Å². The summed E-state index contributed by atoms with van der Waals surface area (Å²) in [5.74, 6) is -0.0203. The smallest absolute Gasteiger partial charge is 0.165 e. The Balaban J connectivity index is 2.67. The lowest BCUT2D eigenvalue weighted by atomic mass is 10.1. The van der Waals surface area contributed by atoms with Gasteiger partial charge in [0.15, 0.2) is 5.78 Å². The zero-order valence-corrected chi connectivity index (χ0v) is 9.16. The van der Waals surface area contributed by atoms with E-state index in [2.05, 4.69) is 5.32 Å². The molecule has 0 saturated carbocycles. The summed E-state index contributed by atoms with van der Waals surface area (Å²) in [5.41, 5.74) is 1.66. The van der Waals surface area contributed by atoms with E-state index in [1.54, 1.807) is 19.1 Å². The highest BCUT2D eigenvalue weighted by atomic mass is 16.3. The maximum absolute atomic E-state index is 11.5. The number of aliphatic hydroxyl groups excluding tert-OH is 1. The lowest BCUT2D eigenvalue weighted by molar-refractivity contribution is 0.0901. The number of anilines is 1. The molecule has 1 aromatic carbocycles. The second-order valence-electron chi connectivity index (χ2n) is 3.58. The highest BCUT2D eigenvalue weighted by molar-refractivity contribution is 5.96. The first-order chi connectivity index (χ1) is 7.13. The highest BCUT2D eigenvalue weighted by Gasteiger charge is 2.08. The first kappa shape index (κ1) is 11.7. The number of carbonyl (C=O) groups excluding carboxylic acids is 1. The molecule has 3 nitrogen and oxygen atoms in total. The van der Waals surface area contributed by atoms with Crippen LogP contribution in [0.25, 0.3) is 0 Å². The van der Waals surface area contributed by atoms with Gasteiger partial charge in [0.2, 0.25) is 0 Å². The van der Waals surface area contributed by atoms with Gasteiger partial charge in [0, 0.05) is 24.2 Å². The molecule has 82 valence electrons. The average molecular weight is 207 g/mol. The monoisotopic (exact) mass is 207 g/mol. The quantitative estimate of drug-likeness (QED) is 0.727. The summed E-state index contributed by atoms with van der Waals surface area (Å²) >= 11 is 0.